The topological polar surface area (TPSA) is 29.1 Å². The minimum atomic E-state index is -0.401. The molecule has 0 aliphatic heterocycles. The fourth-order valence-corrected chi connectivity index (χ4v) is 1.68. The number of halogens is 2. The second kappa shape index (κ2) is 7.20. The number of hydrogen-bond donors (Lipinski definition) is 1. The second-order valence-corrected chi connectivity index (χ2v) is 4.39. The van der Waals surface area contributed by atoms with Crippen LogP contribution in [0.5, 0.6) is 0 Å². The van der Waals surface area contributed by atoms with E-state index in [1.54, 1.807) is 12.1 Å². The van der Waals surface area contributed by atoms with Crippen molar-refractivity contribution in [2.45, 2.75) is 6.42 Å². The molecule has 0 aliphatic carbocycles. The highest BCUT2D eigenvalue weighted by molar-refractivity contribution is 5.94. The Kier molecular flexibility index (Phi) is 5.05. The molecular formula is C17H13F2NO. The zero-order chi connectivity index (χ0) is 15.1. The molecule has 4 heteroatoms. The summed E-state index contributed by atoms with van der Waals surface area (Å²) < 4.78 is 25.4. The normalized spacial score (nSPS) is 9.62. The van der Waals surface area contributed by atoms with Crippen molar-refractivity contribution in [3.8, 4) is 11.8 Å². The highest BCUT2D eigenvalue weighted by Crippen LogP contribution is 2.03. The zero-order valence-electron chi connectivity index (χ0n) is 11.2. The summed E-state index contributed by atoms with van der Waals surface area (Å²) in [5, 5.41) is 2.65. The number of benzene rings is 2. The molecule has 106 valence electrons. The van der Waals surface area contributed by atoms with Crippen LogP contribution in [0.3, 0.4) is 0 Å². The van der Waals surface area contributed by atoms with E-state index in [2.05, 4.69) is 17.2 Å². The summed E-state index contributed by atoms with van der Waals surface area (Å²) in [4.78, 5) is 11.5. The maximum atomic E-state index is 12.7. The van der Waals surface area contributed by atoms with Crippen LogP contribution in [0.25, 0.3) is 0 Å². The van der Waals surface area contributed by atoms with Gasteiger partial charge in [0.05, 0.1) is 0 Å². The van der Waals surface area contributed by atoms with E-state index in [0.29, 0.717) is 18.5 Å². The van der Waals surface area contributed by atoms with Crippen LogP contribution in [0.15, 0.2) is 48.5 Å². The monoisotopic (exact) mass is 285 g/mol. The van der Waals surface area contributed by atoms with E-state index in [-0.39, 0.29) is 11.6 Å². The zero-order valence-corrected chi connectivity index (χ0v) is 11.2. The van der Waals surface area contributed by atoms with Gasteiger partial charge in [-0.05, 0) is 48.4 Å². The molecule has 2 aromatic rings. The van der Waals surface area contributed by atoms with Gasteiger partial charge in [0, 0.05) is 18.0 Å². The van der Waals surface area contributed by atoms with E-state index in [1.165, 1.54) is 36.4 Å². The number of carbonyl (C=O) groups is 1. The molecule has 0 radical (unpaired) electrons. The first-order chi connectivity index (χ1) is 10.1. The lowest BCUT2D eigenvalue weighted by molar-refractivity contribution is -0.115. The second-order valence-electron chi connectivity index (χ2n) is 4.39. The van der Waals surface area contributed by atoms with E-state index >= 15 is 0 Å². The molecule has 1 N–H and O–H groups in total. The van der Waals surface area contributed by atoms with Crippen molar-refractivity contribution in [1.82, 2.24) is 5.32 Å². The maximum absolute atomic E-state index is 12.7. The van der Waals surface area contributed by atoms with E-state index < -0.39 is 5.91 Å². The Morgan fingerprint density at radius 1 is 0.952 bits per heavy atom. The lowest BCUT2D eigenvalue weighted by atomic mass is 10.1. The molecule has 0 saturated carbocycles. The Balaban J connectivity index is 1.80. The highest BCUT2D eigenvalue weighted by Gasteiger charge is 1.97. The standard InChI is InChI=1S/C17H13F2NO/c18-15-6-1-13(2-7-15)5-10-17(21)20-12-11-14-3-8-16(19)9-4-14/h1-4,6-9H,11-12H2,(H,20,21). The molecular weight excluding hydrogens is 272 g/mol. The molecule has 2 rings (SSSR count). The Hall–Kier alpha value is -2.67. The van der Waals surface area contributed by atoms with Gasteiger partial charge in [-0.2, -0.15) is 0 Å². The summed E-state index contributed by atoms with van der Waals surface area (Å²) in [6.45, 7) is 0.419. The van der Waals surface area contributed by atoms with Crippen molar-refractivity contribution in [1.29, 1.82) is 0 Å². The molecule has 0 bridgehead atoms. The number of carbonyl (C=O) groups excluding carboxylic acids is 1. The van der Waals surface area contributed by atoms with Crippen LogP contribution in [0, 0.1) is 23.5 Å². The lowest BCUT2D eigenvalue weighted by Gasteiger charge is -2.01. The number of nitrogens with one attached hydrogen (secondary N) is 1. The Morgan fingerprint density at radius 3 is 2.14 bits per heavy atom. The molecule has 0 spiro atoms. The van der Waals surface area contributed by atoms with Crippen LogP contribution in [0.2, 0.25) is 0 Å². The molecule has 0 fully saturated rings. The van der Waals surface area contributed by atoms with Gasteiger partial charge in [-0.1, -0.05) is 18.1 Å². The van der Waals surface area contributed by atoms with Crippen molar-refractivity contribution >= 4 is 5.91 Å². The van der Waals surface area contributed by atoms with Gasteiger partial charge in [0.1, 0.15) is 11.6 Å². The van der Waals surface area contributed by atoms with Crippen LogP contribution in [-0.4, -0.2) is 12.5 Å². The van der Waals surface area contributed by atoms with E-state index in [0.717, 1.165) is 5.56 Å². The van der Waals surface area contributed by atoms with Crippen molar-refractivity contribution in [2.24, 2.45) is 0 Å². The summed E-state index contributed by atoms with van der Waals surface area (Å²) in [6, 6.07) is 11.7. The minimum Gasteiger partial charge on any atom is -0.345 e. The smallest absolute Gasteiger partial charge is 0.296 e. The predicted octanol–water partition coefficient (Wildman–Crippen LogP) is 2.68. The Labute approximate surface area is 121 Å². The van der Waals surface area contributed by atoms with Crippen molar-refractivity contribution in [2.75, 3.05) is 6.54 Å². The Morgan fingerprint density at radius 2 is 1.52 bits per heavy atom. The number of amides is 1. The average molecular weight is 285 g/mol. The van der Waals surface area contributed by atoms with Gasteiger partial charge in [-0.25, -0.2) is 8.78 Å². The third kappa shape index (κ3) is 5.07. The molecule has 0 saturated heterocycles. The summed E-state index contributed by atoms with van der Waals surface area (Å²) in [6.07, 6.45) is 0.601. The lowest BCUT2D eigenvalue weighted by Crippen LogP contribution is -2.23. The summed E-state index contributed by atoms with van der Waals surface area (Å²) >= 11 is 0. The predicted molar refractivity (Wildman–Crippen MR) is 76.4 cm³/mol. The number of hydrogen-bond acceptors (Lipinski definition) is 1. The SMILES string of the molecule is O=C(C#Cc1ccc(F)cc1)NCCc1ccc(F)cc1. The van der Waals surface area contributed by atoms with Crippen molar-refractivity contribution in [3.63, 3.8) is 0 Å². The molecule has 0 heterocycles. The van der Waals surface area contributed by atoms with E-state index in [1.807, 2.05) is 0 Å². The highest BCUT2D eigenvalue weighted by atomic mass is 19.1. The summed E-state index contributed by atoms with van der Waals surface area (Å²) in [5.74, 6) is 4.05. The first-order valence-electron chi connectivity index (χ1n) is 6.43. The van der Waals surface area contributed by atoms with Crippen molar-refractivity contribution in [3.05, 3.63) is 71.3 Å². The van der Waals surface area contributed by atoms with E-state index in [4.69, 9.17) is 0 Å². The van der Waals surface area contributed by atoms with Gasteiger partial charge < -0.3 is 5.32 Å². The van der Waals surface area contributed by atoms with Gasteiger partial charge >= 0.3 is 0 Å². The van der Waals surface area contributed by atoms with Gasteiger partial charge in [-0.3, -0.25) is 4.79 Å². The van der Waals surface area contributed by atoms with Gasteiger partial charge in [0.25, 0.3) is 5.91 Å². The number of rotatable bonds is 3. The van der Waals surface area contributed by atoms with E-state index in [9.17, 15) is 13.6 Å². The van der Waals surface area contributed by atoms with Crippen LogP contribution in [0.4, 0.5) is 8.78 Å². The van der Waals surface area contributed by atoms with Gasteiger partial charge in [0.15, 0.2) is 0 Å². The fourth-order valence-electron chi connectivity index (χ4n) is 1.68. The molecule has 0 atom stereocenters. The first kappa shape index (κ1) is 14.7. The molecule has 21 heavy (non-hydrogen) atoms. The summed E-state index contributed by atoms with van der Waals surface area (Å²) in [5.41, 5.74) is 1.51. The summed E-state index contributed by atoms with van der Waals surface area (Å²) in [7, 11) is 0. The van der Waals surface area contributed by atoms with Crippen LogP contribution in [0.1, 0.15) is 11.1 Å². The van der Waals surface area contributed by atoms with Crippen molar-refractivity contribution < 1.29 is 13.6 Å². The van der Waals surface area contributed by atoms with Crippen LogP contribution >= 0.6 is 0 Å². The molecule has 0 unspecified atom stereocenters. The minimum absolute atomic E-state index is 0.284. The van der Waals surface area contributed by atoms with Crippen LogP contribution < -0.4 is 5.32 Å². The quantitative estimate of drug-likeness (QED) is 0.863. The maximum Gasteiger partial charge on any atom is 0.296 e. The molecule has 2 aromatic carbocycles. The molecule has 0 aromatic heterocycles. The van der Waals surface area contributed by atoms with Gasteiger partial charge in [-0.15, -0.1) is 0 Å². The third-order valence-electron chi connectivity index (χ3n) is 2.78. The molecule has 1 amide bonds. The third-order valence-corrected chi connectivity index (χ3v) is 2.78. The Bertz CT molecular complexity index is 667. The molecule has 2 nitrogen and oxygen atoms in total. The molecule has 0 aliphatic rings. The van der Waals surface area contributed by atoms with Crippen LogP contribution in [-0.2, 0) is 11.2 Å². The van der Waals surface area contributed by atoms with Gasteiger partial charge in [0.2, 0.25) is 0 Å². The average Bonchev–Trinajstić information content (AvgIpc) is 2.49. The first-order valence-corrected chi connectivity index (χ1v) is 6.43. The largest absolute Gasteiger partial charge is 0.345 e. The fraction of sp³-hybridized carbons (Fsp3) is 0.118.